The maximum absolute atomic E-state index is 11.9. The molecule has 2 heterocycles. The van der Waals surface area contributed by atoms with Crippen LogP contribution in [0.25, 0.3) is 5.69 Å². The molecule has 6 heteroatoms. The van der Waals surface area contributed by atoms with Gasteiger partial charge in [0.25, 0.3) is 0 Å². The number of esters is 1. The molecule has 19 heavy (non-hydrogen) atoms. The summed E-state index contributed by atoms with van der Waals surface area (Å²) in [4.78, 5) is 19.9. The predicted molar refractivity (Wildman–Crippen MR) is 70.9 cm³/mol. The van der Waals surface area contributed by atoms with Gasteiger partial charge in [0.2, 0.25) is 0 Å². The molecule has 0 spiro atoms. The van der Waals surface area contributed by atoms with Gasteiger partial charge in [-0.3, -0.25) is 9.55 Å². The zero-order valence-electron chi connectivity index (χ0n) is 11.1. The molecule has 0 saturated heterocycles. The van der Waals surface area contributed by atoms with Gasteiger partial charge < -0.3 is 10.5 Å². The van der Waals surface area contributed by atoms with Crippen LogP contribution in [0.1, 0.15) is 31.3 Å². The van der Waals surface area contributed by atoms with Crippen molar-refractivity contribution in [1.29, 1.82) is 0 Å². The lowest BCUT2D eigenvalue weighted by molar-refractivity contribution is 0.00648. The molecule has 2 aromatic rings. The number of hydrogen-bond donors (Lipinski definition) is 1. The van der Waals surface area contributed by atoms with Crippen molar-refractivity contribution in [2.24, 2.45) is 0 Å². The summed E-state index contributed by atoms with van der Waals surface area (Å²) in [7, 11) is 0. The topological polar surface area (TPSA) is 83.0 Å². The van der Waals surface area contributed by atoms with E-state index in [0.717, 1.165) is 5.69 Å². The van der Waals surface area contributed by atoms with Gasteiger partial charge in [-0.05, 0) is 32.9 Å². The van der Waals surface area contributed by atoms with Crippen molar-refractivity contribution in [3.05, 3.63) is 36.5 Å². The van der Waals surface area contributed by atoms with Crippen LogP contribution in [0.3, 0.4) is 0 Å². The van der Waals surface area contributed by atoms with Crippen molar-refractivity contribution in [2.45, 2.75) is 26.4 Å². The molecule has 0 unspecified atom stereocenters. The Morgan fingerprint density at radius 2 is 2.16 bits per heavy atom. The minimum Gasteiger partial charge on any atom is -0.455 e. The molecule has 0 atom stereocenters. The number of aromatic nitrogens is 3. The number of carbonyl (C=O) groups is 1. The van der Waals surface area contributed by atoms with Crippen molar-refractivity contribution in [3.63, 3.8) is 0 Å². The van der Waals surface area contributed by atoms with Crippen molar-refractivity contribution in [1.82, 2.24) is 14.5 Å². The molecule has 0 aliphatic heterocycles. The quantitative estimate of drug-likeness (QED) is 0.832. The van der Waals surface area contributed by atoms with Gasteiger partial charge in [0.05, 0.1) is 11.9 Å². The second-order valence-corrected chi connectivity index (χ2v) is 5.06. The zero-order chi connectivity index (χ0) is 14.0. The number of pyridine rings is 1. The van der Waals surface area contributed by atoms with Crippen LogP contribution in [0.2, 0.25) is 0 Å². The number of imidazole rings is 1. The molecule has 0 radical (unpaired) electrons. The minimum absolute atomic E-state index is 0.110. The lowest BCUT2D eigenvalue weighted by Crippen LogP contribution is -2.24. The molecule has 0 bridgehead atoms. The monoisotopic (exact) mass is 260 g/mol. The van der Waals surface area contributed by atoms with Crippen LogP contribution in [-0.2, 0) is 4.74 Å². The van der Waals surface area contributed by atoms with E-state index in [1.54, 1.807) is 43.8 Å². The fourth-order valence-corrected chi connectivity index (χ4v) is 1.54. The molecule has 0 aliphatic rings. The van der Waals surface area contributed by atoms with Gasteiger partial charge in [-0.1, -0.05) is 0 Å². The van der Waals surface area contributed by atoms with Crippen molar-refractivity contribution in [2.75, 3.05) is 5.73 Å². The van der Waals surface area contributed by atoms with Gasteiger partial charge in [0, 0.05) is 6.20 Å². The summed E-state index contributed by atoms with van der Waals surface area (Å²) in [6.45, 7) is 5.37. The van der Waals surface area contributed by atoms with E-state index >= 15 is 0 Å². The van der Waals surface area contributed by atoms with E-state index in [4.69, 9.17) is 10.5 Å². The highest BCUT2D eigenvalue weighted by Crippen LogP contribution is 2.19. The lowest BCUT2D eigenvalue weighted by Gasteiger charge is -2.18. The van der Waals surface area contributed by atoms with E-state index in [-0.39, 0.29) is 11.5 Å². The molecule has 0 aromatic carbocycles. The summed E-state index contributed by atoms with van der Waals surface area (Å²) in [5.74, 6) is -0.296. The summed E-state index contributed by atoms with van der Waals surface area (Å²) in [6, 6.07) is 3.60. The summed E-state index contributed by atoms with van der Waals surface area (Å²) in [5, 5.41) is 0. The Morgan fingerprint density at radius 1 is 1.42 bits per heavy atom. The van der Waals surface area contributed by atoms with Gasteiger partial charge >= 0.3 is 5.97 Å². The second-order valence-electron chi connectivity index (χ2n) is 5.06. The minimum atomic E-state index is -0.582. The Morgan fingerprint density at radius 3 is 2.74 bits per heavy atom. The highest BCUT2D eigenvalue weighted by molar-refractivity contribution is 5.92. The Kier molecular flexibility index (Phi) is 3.25. The van der Waals surface area contributed by atoms with Crippen LogP contribution in [-0.4, -0.2) is 26.1 Å². The molecule has 6 nitrogen and oxygen atoms in total. The van der Waals surface area contributed by atoms with Gasteiger partial charge in [-0.15, -0.1) is 0 Å². The number of ether oxygens (including phenoxy) is 1. The SMILES string of the molecule is CC(C)(C)OC(=O)c1ncn(-c2cccnc2)c1N. The maximum Gasteiger partial charge on any atom is 0.361 e. The average Bonchev–Trinajstić information content (AvgIpc) is 2.70. The Labute approximate surface area is 111 Å². The van der Waals surface area contributed by atoms with Gasteiger partial charge in [0.1, 0.15) is 17.7 Å². The van der Waals surface area contributed by atoms with Crippen molar-refractivity contribution in [3.8, 4) is 5.69 Å². The average molecular weight is 260 g/mol. The zero-order valence-corrected chi connectivity index (χ0v) is 11.1. The normalized spacial score (nSPS) is 11.3. The van der Waals surface area contributed by atoms with Crippen LogP contribution >= 0.6 is 0 Å². The third kappa shape index (κ3) is 2.90. The largest absolute Gasteiger partial charge is 0.455 e. The fraction of sp³-hybridized carbons (Fsp3) is 0.308. The third-order valence-corrected chi connectivity index (χ3v) is 2.32. The molecule has 2 rings (SSSR count). The summed E-state index contributed by atoms with van der Waals surface area (Å²) >= 11 is 0. The number of nitrogen functional groups attached to an aromatic ring is 1. The van der Waals surface area contributed by atoms with Gasteiger partial charge in [0.15, 0.2) is 5.69 Å². The van der Waals surface area contributed by atoms with Crippen LogP contribution < -0.4 is 5.73 Å². The molecule has 0 amide bonds. The highest BCUT2D eigenvalue weighted by Gasteiger charge is 2.23. The highest BCUT2D eigenvalue weighted by atomic mass is 16.6. The van der Waals surface area contributed by atoms with E-state index in [2.05, 4.69) is 9.97 Å². The van der Waals surface area contributed by atoms with Gasteiger partial charge in [-0.25, -0.2) is 9.78 Å². The van der Waals surface area contributed by atoms with Gasteiger partial charge in [-0.2, -0.15) is 0 Å². The molecular weight excluding hydrogens is 244 g/mol. The summed E-state index contributed by atoms with van der Waals surface area (Å²) < 4.78 is 6.83. The standard InChI is InChI=1S/C13H16N4O2/c1-13(2,3)19-12(18)10-11(14)17(8-16-10)9-5-4-6-15-7-9/h4-8H,14H2,1-3H3. The summed E-state index contributed by atoms with van der Waals surface area (Å²) in [5.41, 5.74) is 6.19. The molecular formula is C13H16N4O2. The van der Waals surface area contributed by atoms with Crippen LogP contribution in [0.4, 0.5) is 5.82 Å². The maximum atomic E-state index is 11.9. The van der Waals surface area contributed by atoms with Crippen LogP contribution in [0.15, 0.2) is 30.9 Å². The fourth-order valence-electron chi connectivity index (χ4n) is 1.54. The molecule has 0 saturated carbocycles. The van der Waals surface area contributed by atoms with E-state index in [1.165, 1.54) is 6.33 Å². The number of nitrogens with two attached hydrogens (primary N) is 1. The number of hydrogen-bond acceptors (Lipinski definition) is 5. The molecule has 100 valence electrons. The number of anilines is 1. The van der Waals surface area contributed by atoms with E-state index in [9.17, 15) is 4.79 Å². The first kappa shape index (κ1) is 13.1. The van der Waals surface area contributed by atoms with Crippen LogP contribution in [0, 0.1) is 0 Å². The first-order chi connectivity index (χ1) is 8.88. The van der Waals surface area contributed by atoms with E-state index in [1.807, 2.05) is 6.07 Å². The van der Waals surface area contributed by atoms with Crippen molar-refractivity contribution >= 4 is 11.8 Å². The Balaban J connectivity index is 2.31. The predicted octanol–water partition coefficient (Wildman–Crippen LogP) is 1.80. The number of rotatable bonds is 2. The third-order valence-electron chi connectivity index (χ3n) is 2.32. The Hall–Kier alpha value is -2.37. The molecule has 0 aliphatic carbocycles. The number of carbonyl (C=O) groups excluding carboxylic acids is 1. The second kappa shape index (κ2) is 4.72. The van der Waals surface area contributed by atoms with Crippen LogP contribution in [0.5, 0.6) is 0 Å². The molecule has 2 N–H and O–H groups in total. The number of nitrogens with zero attached hydrogens (tertiary/aromatic N) is 3. The smallest absolute Gasteiger partial charge is 0.361 e. The van der Waals surface area contributed by atoms with E-state index < -0.39 is 11.6 Å². The first-order valence-electron chi connectivity index (χ1n) is 5.85. The van der Waals surface area contributed by atoms with Crippen molar-refractivity contribution < 1.29 is 9.53 Å². The molecule has 0 fully saturated rings. The molecule has 2 aromatic heterocycles. The lowest BCUT2D eigenvalue weighted by atomic mass is 10.2. The first-order valence-corrected chi connectivity index (χ1v) is 5.85. The Bertz CT molecular complexity index is 584. The van der Waals surface area contributed by atoms with E-state index in [0.29, 0.717) is 0 Å². The summed E-state index contributed by atoms with van der Waals surface area (Å²) in [6.07, 6.45) is 4.77.